The number of aliphatic hydroxyl groups is 6. The van der Waals surface area contributed by atoms with E-state index in [1.165, 1.54) is 124 Å². The number of hydrogen-bond donors (Lipinski definition) is 12. The van der Waals surface area contributed by atoms with E-state index in [0.29, 0.717) is 30.0 Å². The third kappa shape index (κ3) is 42.5. The number of nitrogens with one attached hydrogen (secondary N) is 2. The number of ketones is 1. The maximum absolute atomic E-state index is 11.3. The minimum atomic E-state index is -0.235. The van der Waals surface area contributed by atoms with Crippen LogP contribution in [0.4, 0.5) is 0 Å². The fraction of sp³-hybridized carbons (Fsp3) is 0.386. The maximum Gasteiger partial charge on any atom is 0.163 e. The molecule has 0 radical (unpaired) electrons. The molecule has 16 N–H and O–H groups in total. The molecule has 15 heteroatoms. The van der Waals surface area contributed by atoms with Crippen LogP contribution in [0, 0.1) is 0 Å². The van der Waals surface area contributed by atoms with Crippen LogP contribution in [0.15, 0.2) is 362 Å². The third-order valence-electron chi connectivity index (χ3n) is 25.9. The van der Waals surface area contributed by atoms with Gasteiger partial charge in [0.1, 0.15) is 0 Å². The number of rotatable bonds is 18. The lowest BCUT2D eigenvalue weighted by molar-refractivity contribution is 0.0972. The molecule has 0 fully saturated rings. The van der Waals surface area contributed by atoms with Crippen LogP contribution >= 0.6 is 0 Å². The molecule has 0 aliphatic heterocycles. The fourth-order valence-electron chi connectivity index (χ4n) is 18.6. The lowest BCUT2D eigenvalue weighted by atomic mass is 9.87. The predicted octanol–water partition coefficient (Wildman–Crippen LogP) is 28.7. The zero-order chi connectivity index (χ0) is 107. The summed E-state index contributed by atoms with van der Waals surface area (Å²) in [7, 11) is 0. The second kappa shape index (κ2) is 76.9. The van der Waals surface area contributed by atoms with Crippen LogP contribution in [0.5, 0.6) is 0 Å². The summed E-state index contributed by atoms with van der Waals surface area (Å²) in [6.45, 7) is 28.4. The zero-order valence-electron chi connectivity index (χ0n) is 91.1. The molecule has 790 valence electrons. The maximum atomic E-state index is 11.3. The largest absolute Gasteiger partial charge is 0.394 e. The average molecular weight is 1990 g/mol. The molecule has 0 aromatic heterocycles. The van der Waals surface area contributed by atoms with Gasteiger partial charge in [0.05, 0.1) is 75.9 Å². The first-order valence-corrected chi connectivity index (χ1v) is 55.1. The second-order valence-corrected chi connectivity index (χ2v) is 35.0. The molecule has 0 spiro atoms. The number of fused-ring (bicyclic) bond motifs is 7. The van der Waals surface area contributed by atoms with E-state index in [4.69, 9.17) is 43.1 Å². The van der Waals surface area contributed by atoms with Crippen molar-refractivity contribution in [1.82, 2.24) is 10.6 Å². The molecule has 13 aromatic carbocycles. The van der Waals surface area contributed by atoms with Crippen molar-refractivity contribution in [3.8, 4) is 0 Å². The van der Waals surface area contributed by atoms with Gasteiger partial charge >= 0.3 is 0 Å². The van der Waals surface area contributed by atoms with Crippen molar-refractivity contribution < 1.29 is 35.4 Å². The summed E-state index contributed by atoms with van der Waals surface area (Å²) in [6, 6.07) is 119. The van der Waals surface area contributed by atoms with Gasteiger partial charge in [-0.1, -0.05) is 449 Å². The van der Waals surface area contributed by atoms with Gasteiger partial charge in [0.15, 0.2) is 5.78 Å². The molecule has 13 aromatic rings. The summed E-state index contributed by atoms with van der Waals surface area (Å²) < 4.78 is 0. The quantitative estimate of drug-likeness (QED) is 0.0381. The molecule has 0 heterocycles. The fourth-order valence-corrected chi connectivity index (χ4v) is 18.6. The minimum absolute atomic E-state index is 0.00398. The third-order valence-corrected chi connectivity index (χ3v) is 25.9. The molecule has 0 unspecified atom stereocenters. The van der Waals surface area contributed by atoms with Crippen molar-refractivity contribution in [3.63, 3.8) is 0 Å². The number of benzene rings is 13. The number of carbonyl (C=O) groups is 1. The summed E-state index contributed by atoms with van der Waals surface area (Å²) in [5.41, 5.74) is 50.4. The molecule has 7 aliphatic carbocycles. The Morgan fingerprint density at radius 2 is 0.476 bits per heavy atom. The van der Waals surface area contributed by atoms with Gasteiger partial charge < -0.3 is 64.2 Å². The predicted molar refractivity (Wildman–Crippen MR) is 624 cm³/mol. The van der Waals surface area contributed by atoms with E-state index in [-0.39, 0.29) is 75.9 Å². The molecular formula is C132H180N8O7. The van der Waals surface area contributed by atoms with Crippen LogP contribution in [0.3, 0.4) is 0 Å². The summed E-state index contributed by atoms with van der Waals surface area (Å²) >= 11 is 0. The monoisotopic (exact) mass is 1990 g/mol. The number of aliphatic hydroxyl groups excluding tert-OH is 6. The van der Waals surface area contributed by atoms with E-state index in [2.05, 4.69) is 180 Å². The number of Topliss-reactive ketones (excluding diaryl/α,β-unsaturated/α-hetero) is 1. The van der Waals surface area contributed by atoms with Crippen LogP contribution in [0.2, 0.25) is 0 Å². The van der Waals surface area contributed by atoms with Gasteiger partial charge in [-0.3, -0.25) is 14.8 Å². The van der Waals surface area contributed by atoms with E-state index in [1.54, 1.807) is 0 Å². The van der Waals surface area contributed by atoms with Crippen LogP contribution in [0.1, 0.15) is 363 Å². The first-order valence-electron chi connectivity index (χ1n) is 55.1. The highest BCUT2D eigenvalue weighted by molar-refractivity contribution is 6.03. The lowest BCUT2D eigenvalue weighted by Crippen LogP contribution is -2.31. The van der Waals surface area contributed by atoms with E-state index < -0.39 is 0 Å². The number of carbonyl (C=O) groups excluding carboxylic acids is 1. The van der Waals surface area contributed by atoms with Gasteiger partial charge in [-0.05, 0) is 234 Å². The Labute approximate surface area is 885 Å². The van der Waals surface area contributed by atoms with Crippen LogP contribution < -0.4 is 33.6 Å². The van der Waals surface area contributed by atoms with Crippen molar-refractivity contribution in [1.29, 1.82) is 0 Å². The molecular weight excluding hydrogens is 1810 g/mol. The minimum Gasteiger partial charge on any atom is -0.394 e. The van der Waals surface area contributed by atoms with Crippen LogP contribution in [0.25, 0.3) is 0 Å². The van der Waals surface area contributed by atoms with Crippen molar-refractivity contribution in [2.75, 3.05) is 39.6 Å². The molecule has 0 amide bonds. The van der Waals surface area contributed by atoms with Gasteiger partial charge in [-0.25, -0.2) is 0 Å². The lowest BCUT2D eigenvalue weighted by Gasteiger charge is -2.30. The summed E-state index contributed by atoms with van der Waals surface area (Å²) in [4.78, 5) is 21.0. The number of aliphatic imine (C=N–C) groups is 2. The topological polar surface area (TPSA) is 291 Å². The molecule has 15 nitrogen and oxygen atoms in total. The van der Waals surface area contributed by atoms with E-state index >= 15 is 0 Å². The average Bonchev–Trinajstić information content (AvgIpc) is 0.824. The van der Waals surface area contributed by atoms with E-state index in [9.17, 15) is 25.2 Å². The summed E-state index contributed by atoms with van der Waals surface area (Å²) in [5, 5.41) is 63.3. The molecule has 147 heavy (non-hydrogen) atoms. The Bertz CT molecular complexity index is 5300. The number of nitrogens with two attached hydrogens (primary N) is 4. The van der Waals surface area contributed by atoms with Crippen molar-refractivity contribution in [2.45, 2.75) is 292 Å². The number of aryl methyl sites for hydroxylation is 7. The molecule has 0 saturated carbocycles. The van der Waals surface area contributed by atoms with Gasteiger partial charge in [0, 0.05) is 47.6 Å². The molecule has 20 rings (SSSR count). The highest BCUT2D eigenvalue weighted by atomic mass is 16.3. The summed E-state index contributed by atoms with van der Waals surface area (Å²) in [6.07, 6.45) is 23.6. The molecule has 0 bridgehead atoms. The highest BCUT2D eigenvalue weighted by Gasteiger charge is 2.27. The van der Waals surface area contributed by atoms with Crippen molar-refractivity contribution >= 4 is 17.2 Å². The van der Waals surface area contributed by atoms with Gasteiger partial charge in [-0.15, -0.1) is 0 Å². The Hall–Kier alpha value is -11.6. The van der Waals surface area contributed by atoms with Crippen LogP contribution in [-0.2, 0) is 44.9 Å². The van der Waals surface area contributed by atoms with E-state index in [1.807, 2.05) is 279 Å². The van der Waals surface area contributed by atoms with Crippen molar-refractivity contribution in [2.24, 2.45) is 32.9 Å². The standard InChI is InChI=1S/2C18H21NO.2C18H19NO.2C10H13N.C10H10O.2C8H11NO.7C2H6/c4*20-13-18(15-8-2-1-3-9-15)19-17-12-6-10-14-7-4-5-11-16(14)17;3*11-10-7-3-5-8-4-1-2-6-9(8)10;2*9-8(6-10)7-4-2-1-3-5-7;7*1-2/h2*1-5,7-9,11,17-20H,6,10,12-13H2;2*1-5,7-9,11,18,20H,6,10,12-13H2;2*1-2,4,6,10H,3,5,7,11H2;1-2,4,6H,3,5,7H2;2*1-5,8,10H,6,9H2;7*1-2H3/t2*17-,18-;2*18-;2*10-;;2*8-;;;;;;;/m101010.10......./s1. The zero-order valence-corrected chi connectivity index (χ0v) is 91.1. The SMILES string of the molecule is CC.CC.CC.CC.CC.CC.CC.N[C@@H](CO)c1ccccc1.N[C@@H]1CCCc2ccccc21.N[C@H](CO)c1ccccc1.N[C@H]1CCCc2ccccc21.O=C1CCCc2ccccc21.OC[C@@H](N=C1CCCc2ccccc21)c1ccccc1.OC[C@@H](N[C@@H]1CCCc2ccccc21)c1ccccc1.OC[C@H](N=C1CCCc2ccccc21)c1ccccc1.OC[C@H](N[C@H]1CCCc2ccccc21)c1ccccc1. The van der Waals surface area contributed by atoms with Crippen molar-refractivity contribution in [3.05, 3.63) is 463 Å². The summed E-state index contributed by atoms with van der Waals surface area (Å²) in [5.74, 6) is 0.312. The first-order chi connectivity index (χ1) is 72.3. The first kappa shape index (κ1) is 126. The normalized spacial score (nSPS) is 16.8. The second-order valence-electron chi connectivity index (χ2n) is 35.0. The Morgan fingerprint density at radius 1 is 0.245 bits per heavy atom. The van der Waals surface area contributed by atoms with Crippen LogP contribution in [-0.4, -0.2) is 87.5 Å². The Balaban J connectivity index is 0.000000290. The Morgan fingerprint density at radius 3 is 0.762 bits per heavy atom. The Kier molecular flexibility index (Phi) is 65.8. The van der Waals surface area contributed by atoms with E-state index in [0.717, 1.165) is 134 Å². The number of nitrogens with zero attached hydrogens (tertiary/aromatic N) is 2. The van der Waals surface area contributed by atoms with Gasteiger partial charge in [0.25, 0.3) is 0 Å². The smallest absolute Gasteiger partial charge is 0.163 e. The molecule has 0 saturated heterocycles. The molecule has 7 aliphatic rings. The molecule has 10 atom stereocenters. The number of hydrogen-bond acceptors (Lipinski definition) is 15. The van der Waals surface area contributed by atoms with Gasteiger partial charge in [-0.2, -0.15) is 0 Å². The highest BCUT2D eigenvalue weighted by Crippen LogP contribution is 2.36. The van der Waals surface area contributed by atoms with Gasteiger partial charge in [0.2, 0.25) is 0 Å².